The maximum Gasteiger partial charge on any atom is 0.410 e. The summed E-state index contributed by atoms with van der Waals surface area (Å²) in [4.78, 5) is 52.0. The molecule has 4 heterocycles. The predicted molar refractivity (Wildman–Crippen MR) is 118 cm³/mol. The number of amides is 4. The second kappa shape index (κ2) is 7.93. The molecular weight excluding hydrogens is 440 g/mol. The van der Waals surface area contributed by atoms with Crippen molar-refractivity contribution in [2.45, 2.75) is 57.7 Å². The molecule has 1 atom stereocenters. The number of hydrogen-bond donors (Lipinski definition) is 1. The number of hydrogen-bond acceptors (Lipinski definition) is 7. The van der Waals surface area contributed by atoms with Gasteiger partial charge in [-0.15, -0.1) is 5.10 Å². The molecule has 0 aliphatic carbocycles. The van der Waals surface area contributed by atoms with Crippen LogP contribution < -0.4 is 5.32 Å². The van der Waals surface area contributed by atoms with E-state index < -0.39 is 17.6 Å². The van der Waals surface area contributed by atoms with E-state index in [1.807, 2.05) is 32.9 Å². The minimum absolute atomic E-state index is 0.0698. The highest BCUT2D eigenvalue weighted by molar-refractivity contribution is 6.05. The smallest absolute Gasteiger partial charge is 0.410 e. The minimum atomic E-state index is -0.648. The maximum absolute atomic E-state index is 13.0. The van der Waals surface area contributed by atoms with Gasteiger partial charge in [-0.2, -0.15) is 0 Å². The number of ether oxygens (including phenoxy) is 1. The Hall–Kier alpha value is -3.76. The molecule has 0 bridgehead atoms. The molecule has 3 aliphatic heterocycles. The van der Waals surface area contributed by atoms with E-state index in [1.165, 1.54) is 4.90 Å². The van der Waals surface area contributed by atoms with Gasteiger partial charge in [0.05, 0.1) is 17.6 Å². The predicted octanol–water partition coefficient (Wildman–Crippen LogP) is 1.36. The van der Waals surface area contributed by atoms with Gasteiger partial charge >= 0.3 is 6.09 Å². The van der Waals surface area contributed by atoms with Gasteiger partial charge in [0.25, 0.3) is 5.91 Å². The number of rotatable bonds is 3. The molecule has 4 amide bonds. The molecule has 5 rings (SSSR count). The monoisotopic (exact) mass is 466 g/mol. The summed E-state index contributed by atoms with van der Waals surface area (Å²) in [6, 6.07) is 4.80. The van der Waals surface area contributed by atoms with Crippen LogP contribution in [0.1, 0.15) is 61.1 Å². The quantitative estimate of drug-likeness (QED) is 0.677. The van der Waals surface area contributed by atoms with E-state index in [2.05, 4.69) is 15.6 Å². The van der Waals surface area contributed by atoms with Gasteiger partial charge in [0.1, 0.15) is 11.6 Å². The van der Waals surface area contributed by atoms with Gasteiger partial charge < -0.3 is 14.5 Å². The topological polar surface area (TPSA) is 127 Å². The van der Waals surface area contributed by atoms with Crippen LogP contribution in [-0.4, -0.2) is 73.3 Å². The van der Waals surface area contributed by atoms with Crippen molar-refractivity contribution < 1.29 is 23.9 Å². The van der Waals surface area contributed by atoms with Gasteiger partial charge in [0, 0.05) is 37.5 Å². The van der Waals surface area contributed by atoms with Crippen molar-refractivity contribution in [3.8, 4) is 5.69 Å². The molecule has 178 valence electrons. The Kier molecular flexibility index (Phi) is 5.14. The summed E-state index contributed by atoms with van der Waals surface area (Å²) >= 11 is 0. The van der Waals surface area contributed by atoms with Crippen LogP contribution in [0.5, 0.6) is 0 Å². The lowest BCUT2D eigenvalue weighted by atomic mass is 9.98. The average Bonchev–Trinajstić information content (AvgIpc) is 3.31. The van der Waals surface area contributed by atoms with E-state index in [-0.39, 0.29) is 30.2 Å². The highest BCUT2D eigenvalue weighted by Gasteiger charge is 2.39. The van der Waals surface area contributed by atoms with Crippen LogP contribution in [0.3, 0.4) is 0 Å². The molecule has 11 nitrogen and oxygen atoms in total. The van der Waals surface area contributed by atoms with Crippen molar-refractivity contribution in [3.05, 3.63) is 41.2 Å². The summed E-state index contributed by atoms with van der Waals surface area (Å²) in [7, 11) is 0. The third-order valence-electron chi connectivity index (χ3n) is 6.24. The number of fused-ring (bicyclic) bond motifs is 1. The van der Waals surface area contributed by atoms with E-state index in [0.29, 0.717) is 37.3 Å². The number of likely N-dealkylation sites (tertiary alicyclic amines) is 1. The van der Waals surface area contributed by atoms with Crippen molar-refractivity contribution in [1.29, 1.82) is 0 Å². The van der Waals surface area contributed by atoms with Gasteiger partial charge in [-0.3, -0.25) is 19.7 Å². The Labute approximate surface area is 196 Å². The fourth-order valence-electron chi connectivity index (χ4n) is 4.42. The van der Waals surface area contributed by atoms with Crippen LogP contribution in [0, 0.1) is 0 Å². The molecule has 1 unspecified atom stereocenters. The van der Waals surface area contributed by atoms with Crippen molar-refractivity contribution in [2.75, 3.05) is 13.1 Å². The Morgan fingerprint density at radius 2 is 1.94 bits per heavy atom. The Morgan fingerprint density at radius 1 is 1.18 bits per heavy atom. The summed E-state index contributed by atoms with van der Waals surface area (Å²) in [5.74, 6) is -0.908. The standard InChI is InChI=1S/C23H26N6O5/c1-23(2,3)34-22(33)27-9-14(10-27)17-12-29(26-25-17)15-5-4-13-11-28(21(32)16(13)8-15)18-6-7-19(30)24-20(18)31/h4-5,8,12,14,18H,6-7,9-11H2,1-3H3,(H,24,30,31). The first-order valence-electron chi connectivity index (χ1n) is 11.3. The van der Waals surface area contributed by atoms with Crippen molar-refractivity contribution in [3.63, 3.8) is 0 Å². The summed E-state index contributed by atoms with van der Waals surface area (Å²) in [5.41, 5.74) is 2.24. The molecule has 1 N–H and O–H groups in total. The minimum Gasteiger partial charge on any atom is -0.444 e. The fourth-order valence-corrected chi connectivity index (χ4v) is 4.42. The lowest BCUT2D eigenvalue weighted by Crippen LogP contribution is -2.52. The van der Waals surface area contributed by atoms with Crippen LogP contribution >= 0.6 is 0 Å². The van der Waals surface area contributed by atoms with Gasteiger partial charge in [-0.25, -0.2) is 9.48 Å². The van der Waals surface area contributed by atoms with Gasteiger partial charge in [0.2, 0.25) is 11.8 Å². The highest BCUT2D eigenvalue weighted by Crippen LogP contribution is 2.30. The first-order chi connectivity index (χ1) is 16.1. The second-order valence-electron chi connectivity index (χ2n) is 9.91. The van der Waals surface area contributed by atoms with Gasteiger partial charge in [-0.1, -0.05) is 11.3 Å². The van der Waals surface area contributed by atoms with Crippen molar-refractivity contribution >= 4 is 23.8 Å². The summed E-state index contributed by atoms with van der Waals surface area (Å²) in [6.45, 7) is 6.85. The SMILES string of the molecule is CC(C)(C)OC(=O)N1CC(c2cn(-c3ccc4c(c3)C(=O)N(C3CCC(=O)NC3=O)C4)nn2)C1. The van der Waals surface area contributed by atoms with E-state index >= 15 is 0 Å². The average molecular weight is 466 g/mol. The number of piperidine rings is 1. The summed E-state index contributed by atoms with van der Waals surface area (Å²) < 4.78 is 6.99. The maximum atomic E-state index is 13.0. The van der Waals surface area contributed by atoms with E-state index in [1.54, 1.807) is 21.8 Å². The molecule has 0 saturated carbocycles. The molecule has 1 aromatic carbocycles. The van der Waals surface area contributed by atoms with Crippen LogP contribution in [-0.2, 0) is 20.9 Å². The fraction of sp³-hybridized carbons (Fsp3) is 0.478. The first-order valence-corrected chi connectivity index (χ1v) is 11.3. The van der Waals surface area contributed by atoms with E-state index in [4.69, 9.17) is 4.74 Å². The molecule has 2 fully saturated rings. The Morgan fingerprint density at radius 3 is 2.65 bits per heavy atom. The number of nitrogens with zero attached hydrogens (tertiary/aromatic N) is 5. The number of carbonyl (C=O) groups excluding carboxylic acids is 4. The zero-order chi connectivity index (χ0) is 24.2. The van der Waals surface area contributed by atoms with E-state index in [0.717, 1.165) is 11.3 Å². The van der Waals surface area contributed by atoms with E-state index in [9.17, 15) is 19.2 Å². The molecule has 0 radical (unpaired) electrons. The number of imide groups is 1. The van der Waals surface area contributed by atoms with Crippen LogP contribution in [0.15, 0.2) is 24.4 Å². The highest BCUT2D eigenvalue weighted by atomic mass is 16.6. The Balaban J connectivity index is 1.26. The van der Waals surface area contributed by atoms with Crippen LogP contribution in [0.2, 0.25) is 0 Å². The number of benzene rings is 1. The number of carbonyl (C=O) groups is 4. The molecule has 2 aromatic rings. The zero-order valence-electron chi connectivity index (χ0n) is 19.3. The van der Waals surface area contributed by atoms with Crippen molar-refractivity contribution in [1.82, 2.24) is 30.1 Å². The van der Waals surface area contributed by atoms with Crippen LogP contribution in [0.4, 0.5) is 4.79 Å². The van der Waals surface area contributed by atoms with Crippen molar-refractivity contribution in [2.24, 2.45) is 0 Å². The first kappa shape index (κ1) is 22.1. The molecule has 1 aromatic heterocycles. The molecule has 3 aliphatic rings. The molecule has 2 saturated heterocycles. The number of aromatic nitrogens is 3. The van der Waals surface area contributed by atoms with Gasteiger partial charge in [-0.05, 0) is 44.9 Å². The zero-order valence-corrected chi connectivity index (χ0v) is 19.3. The third kappa shape index (κ3) is 4.02. The molecule has 34 heavy (non-hydrogen) atoms. The second-order valence-corrected chi connectivity index (χ2v) is 9.91. The third-order valence-corrected chi connectivity index (χ3v) is 6.24. The lowest BCUT2D eigenvalue weighted by molar-refractivity contribution is -0.136. The molecule has 0 spiro atoms. The molecule has 11 heteroatoms. The van der Waals surface area contributed by atoms with Gasteiger partial charge in [0.15, 0.2) is 0 Å². The summed E-state index contributed by atoms with van der Waals surface area (Å²) in [5, 5.41) is 10.8. The normalized spacial score (nSPS) is 20.8. The summed E-state index contributed by atoms with van der Waals surface area (Å²) in [6.07, 6.45) is 2.01. The largest absolute Gasteiger partial charge is 0.444 e. The Bertz CT molecular complexity index is 1190. The molecular formula is C23H26N6O5. The van der Waals surface area contributed by atoms with Crippen LogP contribution in [0.25, 0.3) is 5.69 Å². The number of nitrogens with one attached hydrogen (secondary N) is 1. The lowest BCUT2D eigenvalue weighted by Gasteiger charge is -2.38.